The molecule has 0 radical (unpaired) electrons. The number of nitrogens with zero attached hydrogens (tertiary/aromatic N) is 2. The zero-order valence-electron chi connectivity index (χ0n) is 14.6. The van der Waals surface area contributed by atoms with Crippen LogP contribution in [0.2, 0.25) is 0 Å². The molecule has 0 unspecified atom stereocenters. The van der Waals surface area contributed by atoms with Gasteiger partial charge in [-0.2, -0.15) is 5.10 Å². The van der Waals surface area contributed by atoms with Crippen LogP contribution >= 0.6 is 0 Å². The van der Waals surface area contributed by atoms with Crippen LogP contribution in [0.5, 0.6) is 5.75 Å². The third-order valence-corrected chi connectivity index (χ3v) is 3.89. The molecule has 1 N–H and O–H groups in total. The van der Waals surface area contributed by atoms with Crippen molar-refractivity contribution in [2.45, 2.75) is 13.8 Å². The summed E-state index contributed by atoms with van der Waals surface area (Å²) in [6, 6.07) is 13.9. The molecular weight excluding hydrogens is 314 g/mol. The molecule has 3 rings (SSSR count). The van der Waals surface area contributed by atoms with Crippen LogP contribution in [0.15, 0.2) is 53.8 Å². The van der Waals surface area contributed by atoms with E-state index in [2.05, 4.69) is 16.6 Å². The number of hydrogen-bond donors (Lipinski definition) is 1. The fourth-order valence-electron chi connectivity index (χ4n) is 2.85. The van der Waals surface area contributed by atoms with E-state index >= 15 is 0 Å². The van der Waals surface area contributed by atoms with E-state index in [4.69, 9.17) is 4.74 Å². The van der Waals surface area contributed by atoms with Gasteiger partial charge >= 0.3 is 0 Å². The molecule has 1 amide bonds. The molecule has 0 bridgehead atoms. The Kier molecular flexibility index (Phi) is 4.84. The number of rotatable bonds is 5. The molecule has 0 atom stereocenters. The van der Waals surface area contributed by atoms with E-state index in [0.717, 1.165) is 27.6 Å². The third-order valence-electron chi connectivity index (χ3n) is 3.89. The van der Waals surface area contributed by atoms with Crippen molar-refractivity contribution in [3.63, 3.8) is 0 Å². The molecule has 0 saturated carbocycles. The summed E-state index contributed by atoms with van der Waals surface area (Å²) in [5, 5.41) is 5.13. The quantitative estimate of drug-likeness (QED) is 0.574. The highest BCUT2D eigenvalue weighted by atomic mass is 16.5. The number of carbonyl (C=O) groups is 1. The van der Waals surface area contributed by atoms with Crippen LogP contribution in [0.1, 0.15) is 16.7 Å². The van der Waals surface area contributed by atoms with Crippen LogP contribution in [0.3, 0.4) is 0 Å². The molecule has 0 fully saturated rings. The first-order valence-corrected chi connectivity index (χ1v) is 8.10. The van der Waals surface area contributed by atoms with Gasteiger partial charge in [0.05, 0.1) is 6.21 Å². The highest BCUT2D eigenvalue weighted by Crippen LogP contribution is 2.18. The smallest absolute Gasteiger partial charge is 0.277 e. The van der Waals surface area contributed by atoms with Gasteiger partial charge in [0.2, 0.25) is 0 Å². The second kappa shape index (κ2) is 7.21. The largest absolute Gasteiger partial charge is 0.484 e. The van der Waals surface area contributed by atoms with Crippen molar-refractivity contribution in [3.05, 3.63) is 65.4 Å². The minimum Gasteiger partial charge on any atom is -0.484 e. The monoisotopic (exact) mass is 335 g/mol. The lowest BCUT2D eigenvalue weighted by molar-refractivity contribution is -0.123. The Morgan fingerprint density at radius 2 is 1.92 bits per heavy atom. The summed E-state index contributed by atoms with van der Waals surface area (Å²) in [7, 11) is 1.98. The lowest BCUT2D eigenvalue weighted by Crippen LogP contribution is -2.24. The molecule has 0 aliphatic heterocycles. The van der Waals surface area contributed by atoms with Crippen molar-refractivity contribution in [1.82, 2.24) is 9.99 Å². The van der Waals surface area contributed by atoms with E-state index in [1.54, 1.807) is 6.21 Å². The molecule has 25 heavy (non-hydrogen) atoms. The number of amides is 1. The van der Waals surface area contributed by atoms with Gasteiger partial charge in [0, 0.05) is 29.7 Å². The molecule has 5 heteroatoms. The summed E-state index contributed by atoms with van der Waals surface area (Å²) in [5.74, 6) is 0.390. The number of aryl methyl sites for hydroxylation is 3. The maximum atomic E-state index is 11.9. The highest BCUT2D eigenvalue weighted by Gasteiger charge is 2.05. The van der Waals surface area contributed by atoms with Crippen molar-refractivity contribution >= 4 is 23.0 Å². The van der Waals surface area contributed by atoms with E-state index in [1.165, 1.54) is 0 Å². The van der Waals surface area contributed by atoms with Gasteiger partial charge in [-0.05, 0) is 43.2 Å². The normalized spacial score (nSPS) is 11.2. The highest BCUT2D eigenvalue weighted by molar-refractivity contribution is 5.99. The Balaban J connectivity index is 1.59. The van der Waals surface area contributed by atoms with Crippen LogP contribution in [0.4, 0.5) is 0 Å². The Morgan fingerprint density at radius 3 is 2.68 bits per heavy atom. The van der Waals surface area contributed by atoms with Crippen LogP contribution in [-0.4, -0.2) is 23.3 Å². The lowest BCUT2D eigenvalue weighted by Gasteiger charge is -2.07. The second-order valence-electron chi connectivity index (χ2n) is 6.12. The zero-order valence-corrected chi connectivity index (χ0v) is 14.6. The Bertz CT molecular complexity index is 921. The maximum absolute atomic E-state index is 11.9. The average molecular weight is 335 g/mol. The van der Waals surface area contributed by atoms with Crippen LogP contribution in [0.25, 0.3) is 10.9 Å². The predicted octanol–water partition coefficient (Wildman–Crippen LogP) is 3.32. The standard InChI is InChI=1S/C20H21N3O2/c1-14-8-15(2)10-17(9-14)25-13-20(24)22-21-11-16-12-23(3)19-7-5-4-6-18(16)19/h4-12H,13H2,1-3H3,(H,22,24)/b21-11+. The first-order valence-electron chi connectivity index (χ1n) is 8.10. The number of hydrogen-bond acceptors (Lipinski definition) is 3. The van der Waals surface area contributed by atoms with Gasteiger partial charge < -0.3 is 9.30 Å². The van der Waals surface area contributed by atoms with Gasteiger partial charge in [-0.3, -0.25) is 4.79 Å². The number of ether oxygens (including phenoxy) is 1. The number of para-hydroxylation sites is 1. The summed E-state index contributed by atoms with van der Waals surface area (Å²) in [5.41, 5.74) is 6.77. The zero-order chi connectivity index (χ0) is 17.8. The van der Waals surface area contributed by atoms with E-state index in [-0.39, 0.29) is 12.5 Å². The molecule has 0 spiro atoms. The van der Waals surface area contributed by atoms with Gasteiger partial charge in [0.15, 0.2) is 6.61 Å². The van der Waals surface area contributed by atoms with Crippen molar-refractivity contribution in [2.24, 2.45) is 12.1 Å². The van der Waals surface area contributed by atoms with Crippen molar-refractivity contribution in [2.75, 3.05) is 6.61 Å². The molecule has 0 aliphatic rings. The molecule has 0 aliphatic carbocycles. The van der Waals surface area contributed by atoms with Gasteiger partial charge in [0.1, 0.15) is 5.75 Å². The topological polar surface area (TPSA) is 55.6 Å². The van der Waals surface area contributed by atoms with E-state index in [1.807, 2.05) is 68.1 Å². The van der Waals surface area contributed by atoms with E-state index < -0.39 is 0 Å². The van der Waals surface area contributed by atoms with E-state index in [9.17, 15) is 4.79 Å². The summed E-state index contributed by atoms with van der Waals surface area (Å²) >= 11 is 0. The Labute approximate surface area is 146 Å². The third kappa shape index (κ3) is 4.07. The van der Waals surface area contributed by atoms with Gasteiger partial charge in [-0.1, -0.05) is 24.3 Å². The van der Waals surface area contributed by atoms with Gasteiger partial charge in [0.25, 0.3) is 5.91 Å². The second-order valence-corrected chi connectivity index (χ2v) is 6.12. The molecule has 1 heterocycles. The first-order chi connectivity index (χ1) is 12.0. The molecule has 128 valence electrons. The number of nitrogens with one attached hydrogen (secondary N) is 1. The molecular formula is C20H21N3O2. The summed E-state index contributed by atoms with van der Waals surface area (Å²) in [4.78, 5) is 11.9. The Hall–Kier alpha value is -3.08. The van der Waals surface area contributed by atoms with Crippen molar-refractivity contribution in [3.8, 4) is 5.75 Å². The molecule has 3 aromatic rings. The van der Waals surface area contributed by atoms with Crippen molar-refractivity contribution < 1.29 is 9.53 Å². The fourth-order valence-corrected chi connectivity index (χ4v) is 2.85. The van der Waals surface area contributed by atoms with Crippen LogP contribution in [-0.2, 0) is 11.8 Å². The molecule has 2 aromatic carbocycles. The molecule has 5 nitrogen and oxygen atoms in total. The predicted molar refractivity (Wildman–Crippen MR) is 100 cm³/mol. The Morgan fingerprint density at radius 1 is 1.20 bits per heavy atom. The number of fused-ring (bicyclic) bond motifs is 1. The van der Waals surface area contributed by atoms with Gasteiger partial charge in [-0.15, -0.1) is 0 Å². The van der Waals surface area contributed by atoms with Crippen LogP contribution < -0.4 is 10.2 Å². The van der Waals surface area contributed by atoms with Gasteiger partial charge in [-0.25, -0.2) is 5.43 Å². The summed E-state index contributed by atoms with van der Waals surface area (Å²) < 4.78 is 7.55. The number of hydrazone groups is 1. The summed E-state index contributed by atoms with van der Waals surface area (Å²) in [6.07, 6.45) is 3.63. The molecule has 0 saturated heterocycles. The summed E-state index contributed by atoms with van der Waals surface area (Å²) in [6.45, 7) is 3.92. The molecule has 1 aromatic heterocycles. The minimum atomic E-state index is -0.296. The van der Waals surface area contributed by atoms with Crippen molar-refractivity contribution in [1.29, 1.82) is 0 Å². The fraction of sp³-hybridized carbons (Fsp3) is 0.200. The lowest BCUT2D eigenvalue weighted by atomic mass is 10.1. The number of aromatic nitrogens is 1. The van der Waals surface area contributed by atoms with Crippen LogP contribution in [0, 0.1) is 13.8 Å². The minimum absolute atomic E-state index is 0.0736. The number of carbonyl (C=O) groups excluding carboxylic acids is 1. The SMILES string of the molecule is Cc1cc(C)cc(OCC(=O)N/N=C/c2cn(C)c3ccccc23)c1. The first kappa shape index (κ1) is 16.8. The average Bonchev–Trinajstić information content (AvgIpc) is 2.89. The number of benzene rings is 2. The van der Waals surface area contributed by atoms with E-state index in [0.29, 0.717) is 5.75 Å². The maximum Gasteiger partial charge on any atom is 0.277 e.